The molecule has 138 valence electrons. The van der Waals surface area contributed by atoms with Gasteiger partial charge >= 0.3 is 11.9 Å². The molecule has 1 spiro atoms. The Kier molecular flexibility index (Phi) is 3.80. The molecule has 4 fully saturated rings. The molecule has 4 aliphatic rings. The lowest BCUT2D eigenvalue weighted by atomic mass is 9.68. The third-order valence-electron chi connectivity index (χ3n) is 6.70. The van der Waals surface area contributed by atoms with Crippen molar-refractivity contribution in [3.05, 3.63) is 11.6 Å². The predicted octanol–water partition coefficient (Wildman–Crippen LogP) is 3.57. The van der Waals surface area contributed by atoms with Crippen molar-refractivity contribution in [3.8, 4) is 0 Å². The monoisotopic (exact) mass is 348 g/mol. The van der Waals surface area contributed by atoms with Crippen molar-refractivity contribution >= 4 is 11.9 Å². The standard InChI is InChI=1S/C20H28O5/c1-5-12(13-9-20(13)8-6-7-19(3,4)10-20)14-15-16(22)24-17(14)25-18(15)23-11(2)21/h5,13-15,17-18H,6-10H2,1-4H3/b12-5+/t13-,14+,15+,17-,18-,20-/m1/s1. The van der Waals surface area contributed by atoms with Crippen LogP contribution in [0.2, 0.25) is 0 Å². The Morgan fingerprint density at radius 1 is 1.32 bits per heavy atom. The van der Waals surface area contributed by atoms with Crippen molar-refractivity contribution in [2.24, 2.45) is 28.6 Å². The van der Waals surface area contributed by atoms with E-state index in [2.05, 4.69) is 19.9 Å². The Morgan fingerprint density at radius 3 is 2.72 bits per heavy atom. The maximum Gasteiger partial charge on any atom is 0.318 e. The van der Waals surface area contributed by atoms with Crippen LogP contribution in [0.1, 0.15) is 59.8 Å². The molecule has 0 unspecified atom stereocenters. The Balaban J connectivity index is 1.55. The summed E-state index contributed by atoms with van der Waals surface area (Å²) in [6.45, 7) is 8.11. The van der Waals surface area contributed by atoms with Gasteiger partial charge in [0.2, 0.25) is 12.6 Å². The van der Waals surface area contributed by atoms with Gasteiger partial charge in [0, 0.05) is 6.92 Å². The van der Waals surface area contributed by atoms with Crippen LogP contribution in [0.5, 0.6) is 0 Å². The molecule has 6 atom stereocenters. The van der Waals surface area contributed by atoms with Crippen LogP contribution < -0.4 is 0 Å². The molecule has 4 rings (SSSR count). The second-order valence-electron chi connectivity index (χ2n) is 9.07. The fourth-order valence-electron chi connectivity index (χ4n) is 5.79. The molecule has 0 radical (unpaired) electrons. The Labute approximate surface area is 149 Å². The molecule has 0 N–H and O–H groups in total. The molecule has 2 saturated heterocycles. The normalized spacial score (nSPS) is 44.7. The second-order valence-corrected chi connectivity index (χ2v) is 9.07. The molecule has 0 aromatic rings. The Bertz CT molecular complexity index is 636. The molecule has 25 heavy (non-hydrogen) atoms. The first kappa shape index (κ1) is 17.1. The van der Waals surface area contributed by atoms with E-state index in [1.54, 1.807) is 0 Å². The maximum absolute atomic E-state index is 12.3. The van der Waals surface area contributed by atoms with Gasteiger partial charge in [0.05, 0.1) is 5.92 Å². The molecule has 0 aromatic heterocycles. The molecule has 0 amide bonds. The van der Waals surface area contributed by atoms with E-state index in [4.69, 9.17) is 14.2 Å². The lowest BCUT2D eigenvalue weighted by Crippen LogP contribution is -2.33. The van der Waals surface area contributed by atoms with Crippen LogP contribution in [0.4, 0.5) is 0 Å². The van der Waals surface area contributed by atoms with E-state index in [0.717, 1.165) is 0 Å². The third kappa shape index (κ3) is 2.71. The van der Waals surface area contributed by atoms with Crippen molar-refractivity contribution in [1.82, 2.24) is 0 Å². The minimum Gasteiger partial charge on any atom is -0.435 e. The van der Waals surface area contributed by atoms with Gasteiger partial charge in [0.25, 0.3) is 0 Å². The number of carbonyl (C=O) groups is 2. The smallest absolute Gasteiger partial charge is 0.318 e. The van der Waals surface area contributed by atoms with Crippen molar-refractivity contribution in [2.75, 3.05) is 0 Å². The second kappa shape index (κ2) is 5.57. The van der Waals surface area contributed by atoms with Crippen LogP contribution >= 0.6 is 0 Å². The number of carbonyl (C=O) groups excluding carboxylic acids is 2. The summed E-state index contributed by atoms with van der Waals surface area (Å²) in [6.07, 6.45) is 7.01. The fraction of sp³-hybridized carbons (Fsp3) is 0.800. The van der Waals surface area contributed by atoms with Gasteiger partial charge in [-0.3, -0.25) is 9.59 Å². The zero-order valence-corrected chi connectivity index (χ0v) is 15.5. The molecular weight excluding hydrogens is 320 g/mol. The highest BCUT2D eigenvalue weighted by Gasteiger charge is 2.65. The van der Waals surface area contributed by atoms with Crippen LogP contribution in [0.25, 0.3) is 0 Å². The maximum atomic E-state index is 12.3. The van der Waals surface area contributed by atoms with E-state index in [1.165, 1.54) is 44.6 Å². The minimum absolute atomic E-state index is 0.115. The van der Waals surface area contributed by atoms with E-state index in [9.17, 15) is 9.59 Å². The number of hydrogen-bond acceptors (Lipinski definition) is 5. The van der Waals surface area contributed by atoms with E-state index >= 15 is 0 Å². The van der Waals surface area contributed by atoms with Crippen LogP contribution in [-0.2, 0) is 23.8 Å². The summed E-state index contributed by atoms with van der Waals surface area (Å²) in [4.78, 5) is 23.6. The zero-order chi connectivity index (χ0) is 18.0. The molecule has 5 nitrogen and oxygen atoms in total. The SMILES string of the molecule is C/C=C(/[C@@H]1[C@@H]2OC(=O)[C@H]1[C@H](OC(C)=O)O2)[C@H]1C[C@@]12CCCC(C)(C)C2. The third-order valence-corrected chi connectivity index (χ3v) is 6.70. The number of hydrogen-bond donors (Lipinski definition) is 0. The summed E-state index contributed by atoms with van der Waals surface area (Å²) in [7, 11) is 0. The number of ether oxygens (including phenoxy) is 3. The van der Waals surface area contributed by atoms with Crippen LogP contribution in [0.3, 0.4) is 0 Å². The summed E-state index contributed by atoms with van der Waals surface area (Å²) in [5, 5.41) is 0. The average molecular weight is 348 g/mol. The molecule has 0 aromatic carbocycles. The van der Waals surface area contributed by atoms with E-state index in [1.807, 2.05) is 6.92 Å². The lowest BCUT2D eigenvalue weighted by Gasteiger charge is -2.37. The van der Waals surface area contributed by atoms with Gasteiger partial charge in [-0.2, -0.15) is 0 Å². The minimum atomic E-state index is -0.804. The van der Waals surface area contributed by atoms with Crippen LogP contribution in [-0.4, -0.2) is 24.5 Å². The molecule has 2 bridgehead atoms. The predicted molar refractivity (Wildman–Crippen MR) is 90.0 cm³/mol. The topological polar surface area (TPSA) is 61.8 Å². The quantitative estimate of drug-likeness (QED) is 0.576. The molecule has 2 heterocycles. The Morgan fingerprint density at radius 2 is 2.08 bits per heavy atom. The number of fused-ring (bicyclic) bond motifs is 2. The van der Waals surface area contributed by atoms with Gasteiger partial charge in [-0.15, -0.1) is 0 Å². The zero-order valence-electron chi connectivity index (χ0n) is 15.5. The summed E-state index contributed by atoms with van der Waals surface area (Å²) in [5.41, 5.74) is 2.04. The lowest BCUT2D eigenvalue weighted by molar-refractivity contribution is -0.235. The first-order valence-electron chi connectivity index (χ1n) is 9.46. The number of allylic oxidation sites excluding steroid dienone is 1. The summed E-state index contributed by atoms with van der Waals surface area (Å²) in [5.74, 6) is -0.861. The van der Waals surface area contributed by atoms with Gasteiger partial charge in [0.1, 0.15) is 5.92 Å². The van der Waals surface area contributed by atoms with E-state index < -0.39 is 24.5 Å². The number of rotatable bonds is 3. The van der Waals surface area contributed by atoms with Crippen molar-refractivity contribution < 1.29 is 23.8 Å². The van der Waals surface area contributed by atoms with Crippen LogP contribution in [0.15, 0.2) is 11.6 Å². The van der Waals surface area contributed by atoms with Gasteiger partial charge in [-0.1, -0.05) is 31.9 Å². The molecule has 2 saturated carbocycles. The molecule has 5 heteroatoms. The van der Waals surface area contributed by atoms with Crippen LogP contribution in [0, 0.1) is 28.6 Å². The summed E-state index contributed by atoms with van der Waals surface area (Å²) in [6, 6.07) is 0. The average Bonchev–Trinajstić information content (AvgIpc) is 2.89. The molecular formula is C20H28O5. The largest absolute Gasteiger partial charge is 0.435 e. The first-order valence-corrected chi connectivity index (χ1v) is 9.46. The number of esters is 2. The van der Waals surface area contributed by atoms with Gasteiger partial charge in [-0.25, -0.2) is 0 Å². The van der Waals surface area contributed by atoms with Gasteiger partial charge in [-0.05, 0) is 49.4 Å². The van der Waals surface area contributed by atoms with E-state index in [0.29, 0.717) is 16.7 Å². The van der Waals surface area contributed by atoms with Crippen molar-refractivity contribution in [1.29, 1.82) is 0 Å². The fourth-order valence-corrected chi connectivity index (χ4v) is 5.79. The first-order chi connectivity index (χ1) is 11.8. The summed E-state index contributed by atoms with van der Waals surface area (Å²) < 4.78 is 16.3. The van der Waals surface area contributed by atoms with Crippen molar-refractivity contribution in [3.63, 3.8) is 0 Å². The highest BCUT2D eigenvalue weighted by molar-refractivity contribution is 5.78. The Hall–Kier alpha value is -1.36. The summed E-state index contributed by atoms with van der Waals surface area (Å²) >= 11 is 0. The van der Waals surface area contributed by atoms with E-state index in [-0.39, 0.29) is 11.9 Å². The highest BCUT2D eigenvalue weighted by atomic mass is 16.8. The molecule has 2 aliphatic heterocycles. The van der Waals surface area contributed by atoms with Gasteiger partial charge in [0.15, 0.2) is 0 Å². The van der Waals surface area contributed by atoms with Gasteiger partial charge < -0.3 is 14.2 Å². The van der Waals surface area contributed by atoms with Crippen molar-refractivity contribution in [2.45, 2.75) is 72.4 Å². The molecule has 2 aliphatic carbocycles. The highest BCUT2D eigenvalue weighted by Crippen LogP contribution is 2.69.